The third-order valence-electron chi connectivity index (χ3n) is 4.02. The summed E-state index contributed by atoms with van der Waals surface area (Å²) in [6, 6.07) is 0.297. The number of allylic oxidation sites excluding steroid dienone is 1. The van der Waals surface area contributed by atoms with Crippen LogP contribution in [0.5, 0.6) is 0 Å². The van der Waals surface area contributed by atoms with E-state index >= 15 is 0 Å². The van der Waals surface area contributed by atoms with Crippen LogP contribution in [0, 0.1) is 5.82 Å². The molecule has 1 heterocycles. The highest BCUT2D eigenvalue weighted by molar-refractivity contribution is 5.68. The second-order valence-corrected chi connectivity index (χ2v) is 6.04. The van der Waals surface area contributed by atoms with Crippen LogP contribution in [-0.4, -0.2) is 17.1 Å². The first-order valence-corrected chi connectivity index (χ1v) is 7.72. The van der Waals surface area contributed by atoms with Gasteiger partial charge < -0.3 is 4.90 Å². The predicted molar refractivity (Wildman–Crippen MR) is 79.7 cm³/mol. The van der Waals surface area contributed by atoms with Crippen LogP contribution in [0.15, 0.2) is 23.9 Å². The molecule has 0 bridgehead atoms. The maximum atomic E-state index is 14.8. The number of hydrogen-bond donors (Lipinski definition) is 0. The SMILES string of the molecule is CCCCC1=C(F)c2ccc(F)cc2C(C(F)(F)F)N1C(C)C. The number of benzene rings is 1. The molecule has 1 unspecified atom stereocenters. The van der Waals surface area contributed by atoms with Gasteiger partial charge in [0.15, 0.2) is 6.04 Å². The van der Waals surface area contributed by atoms with Gasteiger partial charge in [0.2, 0.25) is 0 Å². The van der Waals surface area contributed by atoms with E-state index in [1.807, 2.05) is 6.92 Å². The van der Waals surface area contributed by atoms with E-state index in [0.29, 0.717) is 6.42 Å². The number of fused-ring (bicyclic) bond motifs is 1. The second-order valence-electron chi connectivity index (χ2n) is 6.04. The minimum absolute atomic E-state index is 0.0586. The topological polar surface area (TPSA) is 3.24 Å². The van der Waals surface area contributed by atoms with Crippen molar-refractivity contribution in [3.8, 4) is 0 Å². The van der Waals surface area contributed by atoms with E-state index in [9.17, 15) is 22.0 Å². The first kappa shape index (κ1) is 17.8. The molecule has 1 aromatic rings. The summed E-state index contributed by atoms with van der Waals surface area (Å²) < 4.78 is 69.3. The van der Waals surface area contributed by atoms with Crippen molar-refractivity contribution >= 4 is 5.83 Å². The molecule has 0 aromatic heterocycles. The minimum atomic E-state index is -4.62. The molecular weight excluding hydrogens is 313 g/mol. The number of rotatable bonds is 4. The molecule has 1 aliphatic rings. The first-order valence-electron chi connectivity index (χ1n) is 7.72. The molecule has 1 nitrogen and oxygen atoms in total. The van der Waals surface area contributed by atoms with E-state index in [4.69, 9.17) is 0 Å². The Hall–Kier alpha value is -1.59. The van der Waals surface area contributed by atoms with Crippen LogP contribution < -0.4 is 0 Å². The molecule has 1 aliphatic heterocycles. The molecule has 0 saturated carbocycles. The average Bonchev–Trinajstić information content (AvgIpc) is 2.44. The number of hydrogen-bond acceptors (Lipinski definition) is 1. The molecule has 0 aliphatic carbocycles. The summed E-state index contributed by atoms with van der Waals surface area (Å²) in [6.07, 6.45) is -3.06. The normalized spacial score (nSPS) is 18.7. The Labute approximate surface area is 132 Å². The zero-order valence-electron chi connectivity index (χ0n) is 13.3. The van der Waals surface area contributed by atoms with Crippen LogP contribution in [0.25, 0.3) is 5.83 Å². The van der Waals surface area contributed by atoms with Crippen LogP contribution in [0.3, 0.4) is 0 Å². The van der Waals surface area contributed by atoms with E-state index < -0.39 is 29.9 Å². The van der Waals surface area contributed by atoms with Gasteiger partial charge in [-0.05, 0) is 50.5 Å². The maximum Gasteiger partial charge on any atom is 0.413 e. The quantitative estimate of drug-likeness (QED) is 0.613. The van der Waals surface area contributed by atoms with Crippen molar-refractivity contribution in [3.63, 3.8) is 0 Å². The lowest BCUT2D eigenvalue weighted by atomic mass is 9.90. The zero-order valence-corrected chi connectivity index (χ0v) is 13.3. The highest BCUT2D eigenvalue weighted by atomic mass is 19.4. The Balaban J connectivity index is 2.69. The van der Waals surface area contributed by atoms with Crippen molar-refractivity contribution < 1.29 is 22.0 Å². The second kappa shape index (κ2) is 6.49. The van der Waals surface area contributed by atoms with E-state index in [2.05, 4.69) is 0 Å². The fourth-order valence-electron chi connectivity index (χ4n) is 3.06. The average molecular weight is 333 g/mol. The summed E-state index contributed by atoms with van der Waals surface area (Å²) in [6.45, 7) is 5.07. The van der Waals surface area contributed by atoms with Crippen molar-refractivity contribution in [1.29, 1.82) is 0 Å². The van der Waals surface area contributed by atoms with Crippen molar-refractivity contribution in [2.75, 3.05) is 0 Å². The zero-order chi connectivity index (χ0) is 17.4. The van der Waals surface area contributed by atoms with Crippen LogP contribution in [-0.2, 0) is 0 Å². The molecule has 0 fully saturated rings. The molecular formula is C17H20F5N. The predicted octanol–water partition coefficient (Wildman–Crippen LogP) is 5.98. The summed E-state index contributed by atoms with van der Waals surface area (Å²) in [5, 5.41) is 0. The van der Waals surface area contributed by atoms with Crippen LogP contribution >= 0.6 is 0 Å². The van der Waals surface area contributed by atoms with Crippen LogP contribution in [0.1, 0.15) is 57.2 Å². The monoisotopic (exact) mass is 333 g/mol. The smallest absolute Gasteiger partial charge is 0.355 e. The fourth-order valence-corrected chi connectivity index (χ4v) is 3.06. The molecule has 2 rings (SSSR count). The van der Waals surface area contributed by atoms with E-state index in [1.54, 1.807) is 13.8 Å². The Kier molecular flexibility index (Phi) is 5.01. The molecule has 1 aromatic carbocycles. The molecule has 0 saturated heterocycles. The number of alkyl halides is 3. The van der Waals surface area contributed by atoms with Gasteiger partial charge in [-0.2, -0.15) is 13.2 Å². The Morgan fingerprint density at radius 3 is 2.35 bits per heavy atom. The van der Waals surface area contributed by atoms with Gasteiger partial charge in [0.1, 0.15) is 11.6 Å². The molecule has 0 amide bonds. The lowest BCUT2D eigenvalue weighted by molar-refractivity contribution is -0.186. The minimum Gasteiger partial charge on any atom is -0.355 e. The Morgan fingerprint density at radius 1 is 1.17 bits per heavy atom. The Morgan fingerprint density at radius 2 is 1.83 bits per heavy atom. The van der Waals surface area contributed by atoms with Crippen LogP contribution in [0.2, 0.25) is 0 Å². The highest BCUT2D eigenvalue weighted by Gasteiger charge is 2.50. The van der Waals surface area contributed by atoms with Gasteiger partial charge in [0, 0.05) is 11.6 Å². The van der Waals surface area contributed by atoms with Gasteiger partial charge in [-0.1, -0.05) is 13.3 Å². The van der Waals surface area contributed by atoms with Gasteiger partial charge in [0.25, 0.3) is 0 Å². The van der Waals surface area contributed by atoms with Gasteiger partial charge >= 0.3 is 6.18 Å². The largest absolute Gasteiger partial charge is 0.413 e. The molecule has 128 valence electrons. The fraction of sp³-hybridized carbons (Fsp3) is 0.529. The number of nitrogens with zero attached hydrogens (tertiary/aromatic N) is 1. The van der Waals surface area contributed by atoms with Crippen molar-refractivity contribution in [2.24, 2.45) is 0 Å². The van der Waals surface area contributed by atoms with Gasteiger partial charge in [-0.3, -0.25) is 0 Å². The molecule has 23 heavy (non-hydrogen) atoms. The van der Waals surface area contributed by atoms with E-state index in [1.165, 1.54) is 0 Å². The van der Waals surface area contributed by atoms with Crippen LogP contribution in [0.4, 0.5) is 22.0 Å². The number of unbranched alkanes of at least 4 members (excludes halogenated alkanes) is 1. The summed E-state index contributed by atoms with van der Waals surface area (Å²) in [5.41, 5.74) is -0.455. The summed E-state index contributed by atoms with van der Waals surface area (Å²) in [5.74, 6) is -1.48. The summed E-state index contributed by atoms with van der Waals surface area (Å²) >= 11 is 0. The van der Waals surface area contributed by atoms with Gasteiger partial charge in [-0.15, -0.1) is 0 Å². The summed E-state index contributed by atoms with van der Waals surface area (Å²) in [7, 11) is 0. The third kappa shape index (κ3) is 3.35. The molecule has 1 atom stereocenters. The summed E-state index contributed by atoms with van der Waals surface area (Å²) in [4.78, 5) is 1.05. The Bertz CT molecular complexity index is 603. The standard InChI is InChI=1S/C17H20F5N/c1-4-5-6-14-15(19)12-8-7-11(18)9-13(12)16(17(20,21)22)23(14)10(2)3/h7-10,16H,4-6H2,1-3H3. The van der Waals surface area contributed by atoms with Crippen molar-refractivity contribution in [2.45, 2.75) is 58.3 Å². The lowest BCUT2D eigenvalue weighted by Crippen LogP contribution is -2.44. The maximum absolute atomic E-state index is 14.8. The van der Waals surface area contributed by atoms with Crippen molar-refractivity contribution in [3.05, 3.63) is 40.8 Å². The molecule has 0 radical (unpaired) electrons. The van der Waals surface area contributed by atoms with Gasteiger partial charge in [0.05, 0.1) is 5.70 Å². The molecule has 0 spiro atoms. The van der Waals surface area contributed by atoms with E-state index in [-0.39, 0.29) is 23.2 Å². The highest BCUT2D eigenvalue weighted by Crippen LogP contribution is 2.49. The van der Waals surface area contributed by atoms with E-state index in [0.717, 1.165) is 29.5 Å². The molecule has 0 N–H and O–H groups in total. The van der Waals surface area contributed by atoms with Gasteiger partial charge in [-0.25, -0.2) is 8.78 Å². The first-order chi connectivity index (χ1) is 10.7. The number of halogens is 5. The molecule has 6 heteroatoms. The lowest BCUT2D eigenvalue weighted by Gasteiger charge is -2.43. The van der Waals surface area contributed by atoms with Crippen molar-refractivity contribution in [1.82, 2.24) is 4.90 Å². The third-order valence-corrected chi connectivity index (χ3v) is 4.02.